The van der Waals surface area contributed by atoms with Crippen LogP contribution in [0.25, 0.3) is 11.1 Å². The standard InChI is InChI=1S/C26H32N4O2/c1-16(2)30-10-20-8-26(20,14-30)19-5-3-17(4-6-19)18-7-21(22(27)28-9-18)23(32)29-25-11-24(12-25,13-25)15-31/h3-7,9,16,20,31H,8,10-15H2,1-2H3,(H2,27,28)(H,29,32)/t20-,24?,25?,26+/m0/s1. The fourth-order valence-corrected chi connectivity index (χ4v) is 6.78. The number of aliphatic hydroxyl groups excluding tert-OH is 1. The minimum atomic E-state index is -0.167. The number of aromatic nitrogens is 1. The Morgan fingerprint density at radius 3 is 2.59 bits per heavy atom. The molecule has 2 heterocycles. The number of rotatable bonds is 6. The van der Waals surface area contributed by atoms with Gasteiger partial charge in [0.2, 0.25) is 0 Å². The van der Waals surface area contributed by atoms with Gasteiger partial charge in [-0.05, 0) is 62.6 Å². The second kappa shape index (κ2) is 6.55. The Hall–Kier alpha value is -2.44. The highest BCUT2D eigenvalue weighted by Crippen LogP contribution is 2.66. The molecule has 1 aromatic heterocycles. The zero-order chi connectivity index (χ0) is 22.3. The van der Waals surface area contributed by atoms with Gasteiger partial charge in [0.15, 0.2) is 0 Å². The Balaban J connectivity index is 1.19. The van der Waals surface area contributed by atoms with Crippen molar-refractivity contribution in [2.75, 3.05) is 25.4 Å². The number of fused-ring (bicyclic) bond motifs is 1. The number of anilines is 1. The maximum Gasteiger partial charge on any atom is 0.255 e. The molecule has 1 amide bonds. The van der Waals surface area contributed by atoms with E-state index in [0.29, 0.717) is 17.0 Å². The minimum Gasteiger partial charge on any atom is -0.396 e. The van der Waals surface area contributed by atoms with Crippen LogP contribution in [0.15, 0.2) is 36.5 Å². The highest BCUT2D eigenvalue weighted by molar-refractivity contribution is 6.00. The normalized spacial score (nSPS) is 34.6. The molecule has 168 valence electrons. The van der Waals surface area contributed by atoms with E-state index in [1.807, 2.05) is 6.07 Å². The van der Waals surface area contributed by atoms with E-state index in [0.717, 1.165) is 42.9 Å². The summed E-state index contributed by atoms with van der Waals surface area (Å²) in [5.74, 6) is 0.871. The molecular formula is C26H32N4O2. The minimum absolute atomic E-state index is 0.0479. The highest BCUT2D eigenvalue weighted by atomic mass is 16.3. The number of aliphatic hydroxyl groups is 1. The van der Waals surface area contributed by atoms with Crippen molar-refractivity contribution in [3.8, 4) is 11.1 Å². The second-order valence-corrected chi connectivity index (χ2v) is 11.2. The quantitative estimate of drug-likeness (QED) is 0.653. The molecule has 5 fully saturated rings. The van der Waals surface area contributed by atoms with Gasteiger partial charge in [0.05, 0.1) is 5.56 Å². The Kier molecular flexibility index (Phi) is 4.13. The van der Waals surface area contributed by atoms with Crippen LogP contribution in [0.1, 0.15) is 55.5 Å². The lowest BCUT2D eigenvalue weighted by Crippen LogP contribution is -2.75. The van der Waals surface area contributed by atoms with E-state index < -0.39 is 0 Å². The predicted octanol–water partition coefficient (Wildman–Crippen LogP) is 2.96. The van der Waals surface area contributed by atoms with Crippen molar-refractivity contribution in [1.29, 1.82) is 0 Å². The number of hydrogen-bond donors (Lipinski definition) is 3. The number of carbonyl (C=O) groups is 1. The molecule has 7 rings (SSSR count). The third-order valence-electron chi connectivity index (χ3n) is 8.71. The van der Waals surface area contributed by atoms with E-state index in [-0.39, 0.29) is 29.3 Å². The van der Waals surface area contributed by atoms with Gasteiger partial charge in [-0.15, -0.1) is 0 Å². The molecular weight excluding hydrogens is 400 g/mol. The molecule has 4 saturated carbocycles. The first-order chi connectivity index (χ1) is 15.3. The number of carbonyl (C=O) groups excluding carboxylic acids is 1. The van der Waals surface area contributed by atoms with Gasteiger partial charge >= 0.3 is 0 Å². The number of nitrogens with zero attached hydrogens (tertiary/aromatic N) is 2. The molecule has 2 atom stereocenters. The van der Waals surface area contributed by atoms with Gasteiger partial charge in [-0.25, -0.2) is 4.98 Å². The van der Waals surface area contributed by atoms with Gasteiger partial charge in [0.1, 0.15) is 5.82 Å². The Bertz CT molecular complexity index is 1080. The van der Waals surface area contributed by atoms with E-state index in [9.17, 15) is 9.90 Å². The van der Waals surface area contributed by atoms with Gasteiger partial charge in [-0.2, -0.15) is 0 Å². The first-order valence-electron chi connectivity index (χ1n) is 11.8. The van der Waals surface area contributed by atoms with Crippen LogP contribution in [0.4, 0.5) is 5.82 Å². The Labute approximate surface area is 189 Å². The largest absolute Gasteiger partial charge is 0.396 e. The Morgan fingerprint density at radius 2 is 1.97 bits per heavy atom. The van der Waals surface area contributed by atoms with Crippen LogP contribution in [0.2, 0.25) is 0 Å². The molecule has 2 aromatic rings. The summed E-state index contributed by atoms with van der Waals surface area (Å²) in [4.78, 5) is 19.8. The van der Waals surface area contributed by atoms with E-state index in [4.69, 9.17) is 5.73 Å². The molecule has 32 heavy (non-hydrogen) atoms. The van der Waals surface area contributed by atoms with Gasteiger partial charge < -0.3 is 16.2 Å². The maximum atomic E-state index is 12.9. The molecule has 1 aliphatic heterocycles. The third kappa shape index (κ3) is 2.85. The van der Waals surface area contributed by atoms with Crippen LogP contribution in [0.3, 0.4) is 0 Å². The summed E-state index contributed by atoms with van der Waals surface area (Å²) in [5.41, 5.74) is 10.1. The summed E-state index contributed by atoms with van der Waals surface area (Å²) in [7, 11) is 0. The van der Waals surface area contributed by atoms with Crippen molar-refractivity contribution in [2.24, 2.45) is 11.3 Å². The maximum absolute atomic E-state index is 12.9. The molecule has 4 aliphatic carbocycles. The summed E-state index contributed by atoms with van der Waals surface area (Å²) in [6.45, 7) is 7.13. The van der Waals surface area contributed by atoms with Gasteiger partial charge in [0.25, 0.3) is 5.91 Å². The molecule has 6 nitrogen and oxygen atoms in total. The van der Waals surface area contributed by atoms with E-state index in [2.05, 4.69) is 53.3 Å². The van der Waals surface area contributed by atoms with E-state index >= 15 is 0 Å². The first kappa shape index (κ1) is 20.2. The molecule has 4 N–H and O–H groups in total. The van der Waals surface area contributed by atoms with Crippen molar-refractivity contribution in [2.45, 2.75) is 56.5 Å². The molecule has 1 aromatic carbocycles. The molecule has 0 spiro atoms. The fourth-order valence-electron chi connectivity index (χ4n) is 6.78. The lowest BCUT2D eigenvalue weighted by Gasteiger charge is -2.70. The summed E-state index contributed by atoms with van der Waals surface area (Å²) >= 11 is 0. The van der Waals surface area contributed by atoms with Gasteiger partial charge in [-0.3, -0.25) is 9.69 Å². The van der Waals surface area contributed by atoms with Crippen molar-refractivity contribution >= 4 is 11.7 Å². The van der Waals surface area contributed by atoms with Gasteiger partial charge in [-0.1, -0.05) is 24.3 Å². The Morgan fingerprint density at radius 1 is 1.25 bits per heavy atom. The molecule has 0 radical (unpaired) electrons. The molecule has 6 heteroatoms. The first-order valence-corrected chi connectivity index (χ1v) is 11.8. The van der Waals surface area contributed by atoms with Crippen LogP contribution in [-0.4, -0.2) is 52.2 Å². The molecule has 1 saturated heterocycles. The zero-order valence-electron chi connectivity index (χ0n) is 18.9. The van der Waals surface area contributed by atoms with Crippen molar-refractivity contribution in [1.82, 2.24) is 15.2 Å². The number of benzene rings is 1. The van der Waals surface area contributed by atoms with Crippen LogP contribution in [0.5, 0.6) is 0 Å². The van der Waals surface area contributed by atoms with Crippen LogP contribution >= 0.6 is 0 Å². The smallest absolute Gasteiger partial charge is 0.255 e. The summed E-state index contributed by atoms with van der Waals surface area (Å²) in [6, 6.07) is 11.3. The number of hydrogen-bond acceptors (Lipinski definition) is 5. The summed E-state index contributed by atoms with van der Waals surface area (Å²) in [6.07, 6.45) is 5.61. The van der Waals surface area contributed by atoms with Crippen LogP contribution in [0, 0.1) is 11.3 Å². The topological polar surface area (TPSA) is 91.5 Å². The number of piperidine rings is 1. The number of nitrogens with one attached hydrogen (secondary N) is 1. The molecule has 2 bridgehead atoms. The number of nitrogen functional groups attached to an aromatic ring is 1. The van der Waals surface area contributed by atoms with E-state index in [1.165, 1.54) is 18.5 Å². The number of nitrogens with two attached hydrogens (primary N) is 1. The van der Waals surface area contributed by atoms with Gasteiger partial charge in [0, 0.05) is 53.9 Å². The lowest BCUT2D eigenvalue weighted by atomic mass is 9.39. The lowest BCUT2D eigenvalue weighted by molar-refractivity contribution is -0.172. The van der Waals surface area contributed by atoms with Crippen LogP contribution in [-0.2, 0) is 5.41 Å². The monoisotopic (exact) mass is 432 g/mol. The average Bonchev–Trinajstić information content (AvgIpc) is 3.30. The summed E-state index contributed by atoms with van der Waals surface area (Å²) in [5, 5.41) is 12.6. The summed E-state index contributed by atoms with van der Waals surface area (Å²) < 4.78 is 0. The zero-order valence-corrected chi connectivity index (χ0v) is 18.9. The average molecular weight is 433 g/mol. The SMILES string of the molecule is CC(C)N1C[C@@H]2C[C@]2(c2ccc(-c3cnc(N)c(C(=O)NC45CC(CO)(C4)C5)c3)cc2)C1. The third-order valence-corrected chi connectivity index (χ3v) is 8.71. The number of pyridine rings is 1. The predicted molar refractivity (Wildman–Crippen MR) is 124 cm³/mol. The highest BCUT2D eigenvalue weighted by Gasteiger charge is 2.68. The van der Waals surface area contributed by atoms with Crippen molar-refractivity contribution in [3.05, 3.63) is 47.7 Å². The van der Waals surface area contributed by atoms with Crippen LogP contribution < -0.4 is 11.1 Å². The second-order valence-electron chi connectivity index (χ2n) is 11.2. The number of amides is 1. The van der Waals surface area contributed by atoms with Crippen molar-refractivity contribution < 1.29 is 9.90 Å². The molecule has 5 aliphatic rings. The van der Waals surface area contributed by atoms with Crippen molar-refractivity contribution in [3.63, 3.8) is 0 Å². The molecule has 0 unspecified atom stereocenters. The number of likely N-dealkylation sites (tertiary alicyclic amines) is 1. The fraction of sp³-hybridized carbons (Fsp3) is 0.538. The van der Waals surface area contributed by atoms with E-state index in [1.54, 1.807) is 6.20 Å².